The summed E-state index contributed by atoms with van der Waals surface area (Å²) in [6.07, 6.45) is 0. The maximum Gasteiger partial charge on any atom is 0.304 e. The molecule has 0 saturated heterocycles. The monoisotopic (exact) mass is 183 g/mol. The van der Waals surface area contributed by atoms with Gasteiger partial charge in [-0.05, 0) is 17.5 Å². The molecule has 0 aliphatic rings. The van der Waals surface area contributed by atoms with E-state index in [-0.39, 0.29) is 5.92 Å². The Balaban J connectivity index is 3.13. The molecule has 13 heavy (non-hydrogen) atoms. The summed E-state index contributed by atoms with van der Waals surface area (Å²) >= 11 is 0. The molecule has 3 nitrogen and oxygen atoms in total. The number of nitrogens with zero attached hydrogens (tertiary/aromatic N) is 1. The molecule has 4 heteroatoms. The number of nitro benzene ring substituents is 1. The number of halogens is 1. The molecule has 0 spiro atoms. The molecule has 0 N–H and O–H groups in total. The third kappa shape index (κ3) is 2.02. The molecule has 0 saturated carbocycles. The first-order valence-electron chi connectivity index (χ1n) is 3.96. The largest absolute Gasteiger partial charge is 0.304 e. The van der Waals surface area contributed by atoms with Gasteiger partial charge in [0.2, 0.25) is 5.82 Å². The lowest BCUT2D eigenvalue weighted by Crippen LogP contribution is -1.95. The van der Waals surface area contributed by atoms with Crippen LogP contribution in [0, 0.1) is 15.9 Å². The highest BCUT2D eigenvalue weighted by Crippen LogP contribution is 2.22. The van der Waals surface area contributed by atoms with E-state index in [1.54, 1.807) is 6.07 Å². The smallest absolute Gasteiger partial charge is 0.258 e. The number of hydrogen-bond donors (Lipinski definition) is 0. The minimum atomic E-state index is -0.767. The number of nitro groups is 1. The van der Waals surface area contributed by atoms with Crippen molar-refractivity contribution in [2.75, 3.05) is 0 Å². The summed E-state index contributed by atoms with van der Waals surface area (Å²) in [7, 11) is 0. The topological polar surface area (TPSA) is 43.1 Å². The van der Waals surface area contributed by atoms with Gasteiger partial charge in [-0.15, -0.1) is 0 Å². The van der Waals surface area contributed by atoms with E-state index in [1.807, 2.05) is 13.8 Å². The molecule has 0 aliphatic heterocycles. The molecular weight excluding hydrogens is 173 g/mol. The van der Waals surface area contributed by atoms with Crippen molar-refractivity contribution in [3.8, 4) is 0 Å². The van der Waals surface area contributed by atoms with Crippen molar-refractivity contribution in [3.05, 3.63) is 39.7 Å². The zero-order valence-electron chi connectivity index (χ0n) is 7.45. The standard InChI is InChI=1S/C9H10FNO2/c1-6(2)7-3-4-9(11(12)13)8(10)5-7/h3-6H,1-2H3. The lowest BCUT2D eigenvalue weighted by Gasteiger charge is -2.04. The van der Waals surface area contributed by atoms with Gasteiger partial charge in [0, 0.05) is 6.07 Å². The summed E-state index contributed by atoms with van der Waals surface area (Å²) in [6, 6.07) is 3.99. The van der Waals surface area contributed by atoms with Crippen LogP contribution in [0.3, 0.4) is 0 Å². The number of rotatable bonds is 2. The summed E-state index contributed by atoms with van der Waals surface area (Å²) in [5, 5.41) is 10.3. The van der Waals surface area contributed by atoms with E-state index in [0.717, 1.165) is 5.56 Å². The van der Waals surface area contributed by atoms with E-state index >= 15 is 0 Å². The Morgan fingerprint density at radius 1 is 1.46 bits per heavy atom. The maximum absolute atomic E-state index is 13.0. The maximum atomic E-state index is 13.0. The van der Waals surface area contributed by atoms with Gasteiger partial charge >= 0.3 is 5.69 Å². The van der Waals surface area contributed by atoms with E-state index in [2.05, 4.69) is 0 Å². The molecule has 1 aromatic carbocycles. The van der Waals surface area contributed by atoms with Gasteiger partial charge < -0.3 is 0 Å². The van der Waals surface area contributed by atoms with Crippen LogP contribution in [-0.4, -0.2) is 4.92 Å². The third-order valence-corrected chi connectivity index (χ3v) is 1.84. The first kappa shape index (κ1) is 9.64. The Kier molecular flexibility index (Phi) is 2.60. The molecule has 0 fully saturated rings. The summed E-state index contributed by atoms with van der Waals surface area (Å²) in [5.41, 5.74) is 0.299. The van der Waals surface area contributed by atoms with Crippen molar-refractivity contribution in [3.63, 3.8) is 0 Å². The normalized spacial score (nSPS) is 10.5. The average Bonchev–Trinajstić information content (AvgIpc) is 2.03. The summed E-state index contributed by atoms with van der Waals surface area (Å²) in [6.45, 7) is 3.81. The molecule has 0 amide bonds. The SMILES string of the molecule is CC(C)c1ccc([N+](=O)[O-])c(F)c1. The van der Waals surface area contributed by atoms with Crippen molar-refractivity contribution in [2.24, 2.45) is 0 Å². The fourth-order valence-electron chi connectivity index (χ4n) is 1.03. The van der Waals surface area contributed by atoms with Crippen molar-refractivity contribution < 1.29 is 9.31 Å². The zero-order chi connectivity index (χ0) is 10.0. The van der Waals surface area contributed by atoms with Crippen LogP contribution >= 0.6 is 0 Å². The molecule has 0 aliphatic carbocycles. The van der Waals surface area contributed by atoms with Crippen molar-refractivity contribution >= 4 is 5.69 Å². The predicted molar refractivity (Wildman–Crippen MR) is 47.1 cm³/mol. The Bertz CT molecular complexity index is 336. The molecule has 0 heterocycles. The van der Waals surface area contributed by atoms with Gasteiger partial charge in [0.25, 0.3) is 0 Å². The summed E-state index contributed by atoms with van der Waals surface area (Å²) in [4.78, 5) is 9.55. The second-order valence-corrected chi connectivity index (χ2v) is 3.12. The molecule has 70 valence electrons. The van der Waals surface area contributed by atoms with Gasteiger partial charge in [-0.2, -0.15) is 4.39 Å². The molecule has 0 aromatic heterocycles. The van der Waals surface area contributed by atoms with Crippen LogP contribution in [0.15, 0.2) is 18.2 Å². The quantitative estimate of drug-likeness (QED) is 0.522. The fraction of sp³-hybridized carbons (Fsp3) is 0.333. The van der Waals surface area contributed by atoms with Gasteiger partial charge in [-0.1, -0.05) is 19.9 Å². The highest BCUT2D eigenvalue weighted by Gasteiger charge is 2.14. The van der Waals surface area contributed by atoms with E-state index in [1.165, 1.54) is 12.1 Å². The highest BCUT2D eigenvalue weighted by molar-refractivity contribution is 5.35. The lowest BCUT2D eigenvalue weighted by molar-refractivity contribution is -0.387. The van der Waals surface area contributed by atoms with E-state index in [0.29, 0.717) is 0 Å². The van der Waals surface area contributed by atoms with Crippen LogP contribution in [0.4, 0.5) is 10.1 Å². The van der Waals surface area contributed by atoms with Crippen LogP contribution in [0.5, 0.6) is 0 Å². The molecule has 1 rings (SSSR count). The Hall–Kier alpha value is -1.45. The lowest BCUT2D eigenvalue weighted by atomic mass is 10.0. The zero-order valence-corrected chi connectivity index (χ0v) is 7.45. The Morgan fingerprint density at radius 2 is 2.08 bits per heavy atom. The second-order valence-electron chi connectivity index (χ2n) is 3.12. The highest BCUT2D eigenvalue weighted by atomic mass is 19.1. The predicted octanol–water partition coefficient (Wildman–Crippen LogP) is 2.86. The fourth-order valence-corrected chi connectivity index (χ4v) is 1.03. The van der Waals surface area contributed by atoms with Crippen LogP contribution in [0.25, 0.3) is 0 Å². The molecule has 0 unspecified atom stereocenters. The van der Waals surface area contributed by atoms with E-state index < -0.39 is 16.4 Å². The summed E-state index contributed by atoms with van der Waals surface area (Å²) in [5.74, 6) is -0.591. The second kappa shape index (κ2) is 3.51. The van der Waals surface area contributed by atoms with E-state index in [9.17, 15) is 14.5 Å². The summed E-state index contributed by atoms with van der Waals surface area (Å²) < 4.78 is 13.0. The minimum absolute atomic E-state index is 0.176. The van der Waals surface area contributed by atoms with Gasteiger partial charge in [-0.3, -0.25) is 10.1 Å². The molecular formula is C9H10FNO2. The van der Waals surface area contributed by atoms with Crippen LogP contribution in [-0.2, 0) is 0 Å². The first-order chi connectivity index (χ1) is 6.02. The molecule has 0 atom stereocenters. The van der Waals surface area contributed by atoms with Gasteiger partial charge in [0.1, 0.15) is 0 Å². The van der Waals surface area contributed by atoms with Crippen molar-refractivity contribution in [2.45, 2.75) is 19.8 Å². The van der Waals surface area contributed by atoms with Gasteiger partial charge in [0.15, 0.2) is 0 Å². The van der Waals surface area contributed by atoms with Crippen molar-refractivity contribution in [1.82, 2.24) is 0 Å². The third-order valence-electron chi connectivity index (χ3n) is 1.84. The molecule has 1 aromatic rings. The Morgan fingerprint density at radius 3 is 2.46 bits per heavy atom. The first-order valence-corrected chi connectivity index (χ1v) is 3.96. The van der Waals surface area contributed by atoms with Crippen LogP contribution < -0.4 is 0 Å². The average molecular weight is 183 g/mol. The van der Waals surface area contributed by atoms with Crippen LogP contribution in [0.1, 0.15) is 25.3 Å². The molecule has 0 radical (unpaired) electrons. The number of hydrogen-bond acceptors (Lipinski definition) is 2. The van der Waals surface area contributed by atoms with Crippen LogP contribution in [0.2, 0.25) is 0 Å². The van der Waals surface area contributed by atoms with Gasteiger partial charge in [0.05, 0.1) is 4.92 Å². The van der Waals surface area contributed by atoms with Gasteiger partial charge in [-0.25, -0.2) is 0 Å². The Labute approximate surface area is 75.3 Å². The van der Waals surface area contributed by atoms with E-state index in [4.69, 9.17) is 0 Å². The number of benzene rings is 1. The minimum Gasteiger partial charge on any atom is -0.258 e. The van der Waals surface area contributed by atoms with Crippen molar-refractivity contribution in [1.29, 1.82) is 0 Å². The molecule has 0 bridgehead atoms.